The Hall–Kier alpha value is -1.26. The van der Waals surface area contributed by atoms with E-state index in [9.17, 15) is 0 Å². The Morgan fingerprint density at radius 2 is 2.00 bits per heavy atom. The van der Waals surface area contributed by atoms with E-state index in [0.29, 0.717) is 15.9 Å². The van der Waals surface area contributed by atoms with Crippen molar-refractivity contribution in [3.05, 3.63) is 33.9 Å². The van der Waals surface area contributed by atoms with Gasteiger partial charge < -0.3 is 5.73 Å². The fourth-order valence-corrected chi connectivity index (χ4v) is 2.16. The molecule has 0 aliphatic rings. The number of anilines is 1. The van der Waals surface area contributed by atoms with Crippen LogP contribution in [0.5, 0.6) is 0 Å². The average Bonchev–Trinajstić information content (AvgIpc) is 2.60. The Labute approximate surface area is 109 Å². The molecular formula is C11H12Cl2N4. The van der Waals surface area contributed by atoms with E-state index in [4.69, 9.17) is 28.9 Å². The molecule has 0 fully saturated rings. The summed E-state index contributed by atoms with van der Waals surface area (Å²) in [6.07, 6.45) is 0. The van der Waals surface area contributed by atoms with Crippen molar-refractivity contribution in [2.45, 2.75) is 19.8 Å². The van der Waals surface area contributed by atoms with Crippen molar-refractivity contribution in [2.24, 2.45) is 0 Å². The second-order valence-corrected chi connectivity index (χ2v) is 4.87. The van der Waals surface area contributed by atoms with E-state index in [1.165, 1.54) is 0 Å². The van der Waals surface area contributed by atoms with Crippen LogP contribution in [-0.2, 0) is 0 Å². The molecule has 1 aromatic carbocycles. The molecule has 0 aliphatic heterocycles. The van der Waals surface area contributed by atoms with Crippen molar-refractivity contribution in [2.75, 3.05) is 5.73 Å². The van der Waals surface area contributed by atoms with Crippen molar-refractivity contribution < 1.29 is 0 Å². The van der Waals surface area contributed by atoms with Crippen molar-refractivity contribution in [1.29, 1.82) is 0 Å². The lowest BCUT2D eigenvalue weighted by Gasteiger charge is -2.11. The van der Waals surface area contributed by atoms with Gasteiger partial charge in [-0.1, -0.05) is 42.3 Å². The Bertz CT molecular complexity index is 548. The summed E-state index contributed by atoms with van der Waals surface area (Å²) in [7, 11) is 0. The van der Waals surface area contributed by atoms with E-state index < -0.39 is 0 Å². The lowest BCUT2D eigenvalue weighted by Crippen LogP contribution is -2.06. The largest absolute Gasteiger partial charge is 0.381 e. The molecule has 6 heteroatoms. The van der Waals surface area contributed by atoms with Gasteiger partial charge in [0.05, 0.1) is 16.4 Å². The van der Waals surface area contributed by atoms with Crippen molar-refractivity contribution in [3.8, 4) is 5.69 Å². The molecule has 0 radical (unpaired) electrons. The summed E-state index contributed by atoms with van der Waals surface area (Å²) in [5.74, 6) is 0.628. The maximum absolute atomic E-state index is 6.14. The Morgan fingerprint density at radius 3 is 2.59 bits per heavy atom. The van der Waals surface area contributed by atoms with Crippen LogP contribution >= 0.6 is 23.2 Å². The first-order valence-electron chi connectivity index (χ1n) is 5.17. The molecule has 17 heavy (non-hydrogen) atoms. The number of rotatable bonds is 2. The molecule has 0 unspecified atom stereocenters. The fraction of sp³-hybridized carbons (Fsp3) is 0.273. The lowest BCUT2D eigenvalue weighted by molar-refractivity contribution is 0.716. The zero-order valence-electron chi connectivity index (χ0n) is 9.48. The molecule has 2 N–H and O–H groups in total. The van der Waals surface area contributed by atoms with Gasteiger partial charge in [-0.25, -0.2) is 4.68 Å². The second kappa shape index (κ2) is 4.55. The molecule has 0 spiro atoms. The van der Waals surface area contributed by atoms with E-state index in [2.05, 4.69) is 10.3 Å². The van der Waals surface area contributed by atoms with Gasteiger partial charge in [0, 0.05) is 5.02 Å². The van der Waals surface area contributed by atoms with Crippen molar-refractivity contribution in [3.63, 3.8) is 0 Å². The van der Waals surface area contributed by atoms with Crippen LogP contribution in [0.25, 0.3) is 5.69 Å². The van der Waals surface area contributed by atoms with Crippen molar-refractivity contribution in [1.82, 2.24) is 15.0 Å². The third-order valence-corrected chi connectivity index (χ3v) is 2.96. The van der Waals surface area contributed by atoms with Crippen LogP contribution in [0.3, 0.4) is 0 Å². The first-order valence-corrected chi connectivity index (χ1v) is 5.92. The molecule has 0 atom stereocenters. The third-order valence-electron chi connectivity index (χ3n) is 2.42. The Kier molecular flexibility index (Phi) is 3.26. The van der Waals surface area contributed by atoms with Gasteiger partial charge in [-0.15, -0.1) is 5.10 Å². The monoisotopic (exact) mass is 270 g/mol. The number of nitrogens with two attached hydrogens (primary N) is 1. The topological polar surface area (TPSA) is 56.7 Å². The predicted molar refractivity (Wildman–Crippen MR) is 69.9 cm³/mol. The van der Waals surface area contributed by atoms with Gasteiger partial charge in [-0.3, -0.25) is 0 Å². The molecular weight excluding hydrogens is 259 g/mol. The summed E-state index contributed by atoms with van der Waals surface area (Å²) in [5, 5.41) is 8.99. The number of nitrogen functional groups attached to an aromatic ring is 1. The van der Waals surface area contributed by atoms with Crippen LogP contribution in [0.4, 0.5) is 5.82 Å². The predicted octanol–water partition coefficient (Wildman–Crippen LogP) is 3.28. The van der Waals surface area contributed by atoms with Crippen molar-refractivity contribution >= 4 is 29.0 Å². The highest BCUT2D eigenvalue weighted by molar-refractivity contribution is 6.35. The summed E-state index contributed by atoms with van der Waals surface area (Å²) in [6, 6.07) is 5.22. The Balaban J connectivity index is 2.61. The van der Waals surface area contributed by atoms with E-state index in [1.807, 2.05) is 13.8 Å². The smallest absolute Gasteiger partial charge is 0.169 e. The van der Waals surface area contributed by atoms with E-state index in [1.54, 1.807) is 22.9 Å². The summed E-state index contributed by atoms with van der Waals surface area (Å²) < 4.78 is 1.65. The molecule has 0 saturated heterocycles. The average molecular weight is 271 g/mol. The highest BCUT2D eigenvalue weighted by Crippen LogP contribution is 2.28. The van der Waals surface area contributed by atoms with Crippen LogP contribution in [0.1, 0.15) is 25.5 Å². The van der Waals surface area contributed by atoms with Crippen LogP contribution in [0, 0.1) is 0 Å². The molecule has 2 rings (SSSR count). The first-order chi connectivity index (χ1) is 8.00. The number of hydrogen-bond acceptors (Lipinski definition) is 3. The molecule has 0 saturated carbocycles. The highest BCUT2D eigenvalue weighted by atomic mass is 35.5. The molecule has 2 aromatic rings. The Morgan fingerprint density at radius 1 is 1.29 bits per heavy atom. The minimum atomic E-state index is 0.205. The molecule has 0 amide bonds. The number of aromatic nitrogens is 3. The van der Waals surface area contributed by atoms with Crippen LogP contribution in [0.15, 0.2) is 18.2 Å². The molecule has 0 aliphatic carbocycles. The maximum atomic E-state index is 6.14. The third kappa shape index (κ3) is 2.23. The number of benzene rings is 1. The number of halogens is 2. The van der Waals surface area contributed by atoms with Gasteiger partial charge in [-0.2, -0.15) is 0 Å². The normalized spacial score (nSPS) is 11.1. The molecule has 1 aromatic heterocycles. The summed E-state index contributed by atoms with van der Waals surface area (Å²) >= 11 is 12.0. The first kappa shape index (κ1) is 12.2. The maximum Gasteiger partial charge on any atom is 0.169 e. The van der Waals surface area contributed by atoms with Gasteiger partial charge in [-0.05, 0) is 24.1 Å². The summed E-state index contributed by atoms with van der Waals surface area (Å²) in [5.41, 5.74) is 7.36. The van der Waals surface area contributed by atoms with Gasteiger partial charge in [0.2, 0.25) is 0 Å². The molecule has 0 bridgehead atoms. The lowest BCUT2D eigenvalue weighted by atomic mass is 10.1. The van der Waals surface area contributed by atoms with E-state index in [0.717, 1.165) is 11.4 Å². The summed E-state index contributed by atoms with van der Waals surface area (Å²) in [4.78, 5) is 0. The molecule has 1 heterocycles. The number of hydrogen-bond donors (Lipinski definition) is 1. The standard InChI is InChI=1S/C11H12Cl2N4/c1-6(2)10-11(14)15-16-17(10)9-4-3-7(12)5-8(9)13/h3-6H,14H2,1-2H3. The fourth-order valence-electron chi connectivity index (χ4n) is 1.67. The van der Waals surface area contributed by atoms with Gasteiger partial charge >= 0.3 is 0 Å². The van der Waals surface area contributed by atoms with Crippen LogP contribution in [-0.4, -0.2) is 15.0 Å². The van der Waals surface area contributed by atoms with E-state index in [-0.39, 0.29) is 5.92 Å². The minimum Gasteiger partial charge on any atom is -0.381 e. The second-order valence-electron chi connectivity index (χ2n) is 4.02. The summed E-state index contributed by atoms with van der Waals surface area (Å²) in [6.45, 7) is 4.05. The minimum absolute atomic E-state index is 0.205. The quantitative estimate of drug-likeness (QED) is 0.911. The zero-order chi connectivity index (χ0) is 12.6. The van der Waals surface area contributed by atoms with Crippen LogP contribution in [0.2, 0.25) is 10.0 Å². The van der Waals surface area contributed by atoms with Gasteiger partial charge in [0.15, 0.2) is 5.82 Å². The van der Waals surface area contributed by atoms with Gasteiger partial charge in [0.1, 0.15) is 0 Å². The molecule has 4 nitrogen and oxygen atoms in total. The van der Waals surface area contributed by atoms with Gasteiger partial charge in [0.25, 0.3) is 0 Å². The number of nitrogens with zero attached hydrogens (tertiary/aromatic N) is 3. The van der Waals surface area contributed by atoms with Crippen LogP contribution < -0.4 is 5.73 Å². The molecule has 90 valence electrons. The van der Waals surface area contributed by atoms with E-state index >= 15 is 0 Å². The highest BCUT2D eigenvalue weighted by Gasteiger charge is 2.16. The zero-order valence-corrected chi connectivity index (χ0v) is 11.0. The SMILES string of the molecule is CC(C)c1c(N)nnn1-c1ccc(Cl)cc1Cl.